The van der Waals surface area contributed by atoms with Gasteiger partial charge in [0.1, 0.15) is 5.56 Å². The first kappa shape index (κ1) is 24.1. The molecule has 172 valence electrons. The minimum Gasteiger partial charge on any atom is -0.477 e. The predicted molar refractivity (Wildman–Crippen MR) is 115 cm³/mol. The van der Waals surface area contributed by atoms with Crippen molar-refractivity contribution in [2.24, 2.45) is 0 Å². The molecule has 0 radical (unpaired) electrons. The Balaban J connectivity index is 1.90. The Morgan fingerprint density at radius 3 is 2.48 bits per heavy atom. The van der Waals surface area contributed by atoms with Crippen molar-refractivity contribution in [2.45, 2.75) is 19.2 Å². The molecule has 1 aromatic heterocycles. The fourth-order valence-electron chi connectivity index (χ4n) is 2.90. The first-order valence-corrected chi connectivity index (χ1v) is 10.1. The summed E-state index contributed by atoms with van der Waals surface area (Å²) in [6.45, 7) is 1.96. The zero-order valence-corrected chi connectivity index (χ0v) is 18.0. The Kier molecular flexibility index (Phi) is 7.55. The highest BCUT2D eigenvalue weighted by atomic mass is 35.5. The standard InChI is InChI=1S/C23H18ClF3N2O4/c1-2-32-21-16(9-6-12-28-21)22(31)33-19(14-7-4-3-5-8-14)20(30)29-15-10-11-18(24)17(13-15)23(25,26)27/h3-13,19H,2H2,1H3,(H,29,30). The van der Waals surface area contributed by atoms with E-state index in [9.17, 15) is 22.8 Å². The van der Waals surface area contributed by atoms with Gasteiger partial charge in [0.2, 0.25) is 12.0 Å². The number of benzene rings is 2. The summed E-state index contributed by atoms with van der Waals surface area (Å²) >= 11 is 5.63. The summed E-state index contributed by atoms with van der Waals surface area (Å²) in [5, 5.41) is 1.85. The van der Waals surface area contributed by atoms with Crippen molar-refractivity contribution in [1.29, 1.82) is 0 Å². The number of esters is 1. The van der Waals surface area contributed by atoms with Crippen LogP contribution in [0.25, 0.3) is 0 Å². The van der Waals surface area contributed by atoms with Crippen molar-refractivity contribution in [3.05, 3.63) is 88.6 Å². The molecule has 0 saturated carbocycles. The summed E-state index contributed by atoms with van der Waals surface area (Å²) in [5.74, 6) is -1.71. The highest BCUT2D eigenvalue weighted by molar-refractivity contribution is 6.31. The third-order valence-electron chi connectivity index (χ3n) is 4.38. The second kappa shape index (κ2) is 10.4. The normalized spacial score (nSPS) is 12.0. The van der Waals surface area contributed by atoms with Gasteiger partial charge < -0.3 is 14.8 Å². The van der Waals surface area contributed by atoms with Gasteiger partial charge in [-0.25, -0.2) is 9.78 Å². The van der Waals surface area contributed by atoms with E-state index >= 15 is 0 Å². The largest absolute Gasteiger partial charge is 0.477 e. The quantitative estimate of drug-likeness (QED) is 0.441. The number of carbonyl (C=O) groups is 2. The number of nitrogens with zero attached hydrogens (tertiary/aromatic N) is 1. The van der Waals surface area contributed by atoms with Gasteiger partial charge in [0, 0.05) is 17.4 Å². The van der Waals surface area contributed by atoms with E-state index in [1.165, 1.54) is 24.4 Å². The number of nitrogens with one attached hydrogen (secondary N) is 1. The summed E-state index contributed by atoms with van der Waals surface area (Å²) in [6, 6.07) is 13.9. The molecule has 0 fully saturated rings. The van der Waals surface area contributed by atoms with Gasteiger partial charge in [-0.2, -0.15) is 13.2 Å². The van der Waals surface area contributed by atoms with E-state index in [2.05, 4.69) is 10.3 Å². The average molecular weight is 479 g/mol. The number of ether oxygens (including phenoxy) is 2. The molecule has 33 heavy (non-hydrogen) atoms. The Bertz CT molecular complexity index is 1140. The van der Waals surface area contributed by atoms with Crippen molar-refractivity contribution < 1.29 is 32.2 Å². The highest BCUT2D eigenvalue weighted by Gasteiger charge is 2.34. The lowest BCUT2D eigenvalue weighted by molar-refractivity contribution is -0.137. The molecule has 2 aromatic carbocycles. The summed E-state index contributed by atoms with van der Waals surface area (Å²) < 4.78 is 50.3. The van der Waals surface area contributed by atoms with Gasteiger partial charge >= 0.3 is 12.1 Å². The Hall–Kier alpha value is -3.59. The maximum absolute atomic E-state index is 13.2. The first-order chi connectivity index (χ1) is 15.7. The maximum atomic E-state index is 13.2. The molecule has 0 aliphatic heterocycles. The fraction of sp³-hybridized carbons (Fsp3) is 0.174. The van der Waals surface area contributed by atoms with Gasteiger partial charge in [-0.05, 0) is 37.3 Å². The molecule has 0 bridgehead atoms. The molecular weight excluding hydrogens is 461 g/mol. The minimum atomic E-state index is -4.71. The lowest BCUT2D eigenvalue weighted by Gasteiger charge is -2.19. The monoisotopic (exact) mass is 478 g/mol. The smallest absolute Gasteiger partial charge is 0.417 e. The topological polar surface area (TPSA) is 77.5 Å². The van der Waals surface area contributed by atoms with E-state index in [0.717, 1.165) is 6.07 Å². The summed E-state index contributed by atoms with van der Waals surface area (Å²) in [7, 11) is 0. The van der Waals surface area contributed by atoms with E-state index in [0.29, 0.717) is 11.6 Å². The van der Waals surface area contributed by atoms with Crippen LogP contribution in [0.15, 0.2) is 66.9 Å². The van der Waals surface area contributed by atoms with E-state index in [1.54, 1.807) is 37.3 Å². The molecular formula is C23H18ClF3N2O4. The number of carbonyl (C=O) groups excluding carboxylic acids is 2. The third-order valence-corrected chi connectivity index (χ3v) is 4.71. The van der Waals surface area contributed by atoms with Crippen LogP contribution in [0.4, 0.5) is 18.9 Å². The zero-order chi connectivity index (χ0) is 24.0. The maximum Gasteiger partial charge on any atom is 0.417 e. The average Bonchev–Trinajstić information content (AvgIpc) is 2.79. The van der Waals surface area contributed by atoms with Crippen LogP contribution in [0.2, 0.25) is 5.02 Å². The molecule has 3 aromatic rings. The third kappa shape index (κ3) is 6.01. The van der Waals surface area contributed by atoms with Crippen LogP contribution < -0.4 is 10.1 Å². The van der Waals surface area contributed by atoms with E-state index in [-0.39, 0.29) is 23.7 Å². The van der Waals surface area contributed by atoms with Crippen LogP contribution in [0.3, 0.4) is 0 Å². The molecule has 1 atom stereocenters. The zero-order valence-electron chi connectivity index (χ0n) is 17.2. The summed E-state index contributed by atoms with van der Waals surface area (Å²) in [6.07, 6.45) is -4.74. The fourth-order valence-corrected chi connectivity index (χ4v) is 3.12. The molecule has 1 heterocycles. The van der Waals surface area contributed by atoms with Crippen molar-refractivity contribution in [2.75, 3.05) is 11.9 Å². The predicted octanol–water partition coefficient (Wildman–Crippen LogP) is 5.69. The van der Waals surface area contributed by atoms with Gasteiger partial charge in [-0.15, -0.1) is 0 Å². The number of hydrogen-bond acceptors (Lipinski definition) is 5. The Labute approximate surface area is 192 Å². The van der Waals surface area contributed by atoms with Crippen LogP contribution in [0, 0.1) is 0 Å². The molecule has 0 saturated heterocycles. The van der Waals surface area contributed by atoms with Gasteiger partial charge in [-0.3, -0.25) is 4.79 Å². The van der Waals surface area contributed by atoms with Crippen LogP contribution in [-0.4, -0.2) is 23.5 Å². The molecule has 1 N–H and O–H groups in total. The molecule has 0 aliphatic rings. The highest BCUT2D eigenvalue weighted by Crippen LogP contribution is 2.36. The van der Waals surface area contributed by atoms with Crippen LogP contribution in [-0.2, 0) is 15.7 Å². The molecule has 6 nitrogen and oxygen atoms in total. The summed E-state index contributed by atoms with van der Waals surface area (Å²) in [5.41, 5.74) is -0.953. The second-order valence-electron chi connectivity index (χ2n) is 6.67. The Morgan fingerprint density at radius 1 is 1.09 bits per heavy atom. The number of alkyl halides is 3. The SMILES string of the molecule is CCOc1ncccc1C(=O)OC(C(=O)Nc1ccc(Cl)c(C(F)(F)F)c1)c1ccccc1. The molecule has 0 aliphatic carbocycles. The molecule has 1 amide bonds. The molecule has 1 unspecified atom stereocenters. The van der Waals surface area contributed by atoms with Crippen molar-refractivity contribution in [3.8, 4) is 5.88 Å². The van der Waals surface area contributed by atoms with Gasteiger partial charge in [-0.1, -0.05) is 41.9 Å². The number of amides is 1. The number of aromatic nitrogens is 1. The molecule has 10 heteroatoms. The van der Waals surface area contributed by atoms with Gasteiger partial charge in [0.25, 0.3) is 5.91 Å². The Morgan fingerprint density at radius 2 is 1.82 bits per heavy atom. The number of rotatable bonds is 7. The van der Waals surface area contributed by atoms with Crippen molar-refractivity contribution >= 4 is 29.2 Å². The number of halogens is 4. The van der Waals surface area contributed by atoms with Crippen LogP contribution in [0.5, 0.6) is 5.88 Å². The van der Waals surface area contributed by atoms with Crippen LogP contribution in [0.1, 0.15) is 34.5 Å². The molecule has 0 spiro atoms. The van der Waals surface area contributed by atoms with Gasteiger partial charge in [0.05, 0.1) is 17.2 Å². The summed E-state index contributed by atoms with van der Waals surface area (Å²) in [4.78, 5) is 29.8. The van der Waals surface area contributed by atoms with E-state index < -0.39 is 34.7 Å². The van der Waals surface area contributed by atoms with E-state index in [4.69, 9.17) is 21.1 Å². The van der Waals surface area contributed by atoms with Crippen molar-refractivity contribution in [3.63, 3.8) is 0 Å². The number of pyridine rings is 1. The lowest BCUT2D eigenvalue weighted by atomic mass is 10.1. The van der Waals surface area contributed by atoms with Gasteiger partial charge in [0.15, 0.2) is 0 Å². The lowest BCUT2D eigenvalue weighted by Crippen LogP contribution is -2.26. The van der Waals surface area contributed by atoms with E-state index in [1.807, 2.05) is 0 Å². The molecule has 3 rings (SSSR count). The van der Waals surface area contributed by atoms with Crippen molar-refractivity contribution in [1.82, 2.24) is 4.98 Å². The minimum absolute atomic E-state index is 0.000989. The van der Waals surface area contributed by atoms with Crippen LogP contribution >= 0.6 is 11.6 Å². The number of anilines is 1. The first-order valence-electron chi connectivity index (χ1n) is 9.72. The second-order valence-corrected chi connectivity index (χ2v) is 7.07. The number of hydrogen-bond donors (Lipinski definition) is 1.